The Morgan fingerprint density at radius 3 is 2.28 bits per heavy atom. The summed E-state index contributed by atoms with van der Waals surface area (Å²) >= 11 is 3.30. The van der Waals surface area contributed by atoms with Crippen molar-refractivity contribution in [1.29, 1.82) is 0 Å². The van der Waals surface area contributed by atoms with Gasteiger partial charge >= 0.3 is 29.6 Å². The summed E-state index contributed by atoms with van der Waals surface area (Å²) in [4.78, 5) is 3.28. The van der Waals surface area contributed by atoms with Gasteiger partial charge in [-0.3, -0.25) is 0 Å². The molecule has 2 aromatic carbocycles. The van der Waals surface area contributed by atoms with Crippen molar-refractivity contribution in [3.05, 3.63) is 70.2 Å². The van der Waals surface area contributed by atoms with Crippen LogP contribution in [0, 0.1) is 0 Å². The van der Waals surface area contributed by atoms with Gasteiger partial charge in [0.15, 0.2) is 6.54 Å². The van der Waals surface area contributed by atoms with E-state index < -0.39 is 20.2 Å². The average molecular weight is 617 g/mol. The molecule has 0 aliphatic carbocycles. The van der Waals surface area contributed by atoms with E-state index in [4.69, 9.17) is 0 Å². The molecule has 0 unspecified atom stereocenters. The van der Waals surface area contributed by atoms with Crippen LogP contribution in [0.1, 0.15) is 37.6 Å². The Morgan fingerprint density at radius 1 is 0.923 bits per heavy atom. The van der Waals surface area contributed by atoms with Gasteiger partial charge in [-0.05, 0) is 56.0 Å². The molecule has 0 atom stereocenters. The van der Waals surface area contributed by atoms with Crippen LogP contribution >= 0.6 is 23.1 Å². The van der Waals surface area contributed by atoms with Crippen LogP contribution in [0.3, 0.4) is 0 Å². The van der Waals surface area contributed by atoms with Gasteiger partial charge in [0, 0.05) is 41.5 Å². The number of benzene rings is 2. The molecule has 4 rings (SSSR count). The number of hydrogen-bond acceptors (Lipinski definition) is 9. The van der Waals surface area contributed by atoms with E-state index in [0.717, 1.165) is 36.4 Å². The zero-order valence-electron chi connectivity index (χ0n) is 21.9. The minimum atomic E-state index is -4.22. The first-order valence-corrected chi connectivity index (χ1v) is 17.0. The Balaban J connectivity index is 0.00000420. The minimum Gasteiger partial charge on any atom is -0.748 e. The van der Waals surface area contributed by atoms with E-state index in [2.05, 4.69) is 33.8 Å². The normalized spacial score (nSPS) is 15.1. The molecular weight excluding hydrogens is 588 g/mol. The van der Waals surface area contributed by atoms with Gasteiger partial charge in [0.25, 0.3) is 5.01 Å². The van der Waals surface area contributed by atoms with E-state index in [1.165, 1.54) is 0 Å². The number of unbranched alkanes of at least 4 members (excludes halogenated alkanes) is 2. The van der Waals surface area contributed by atoms with E-state index in [9.17, 15) is 25.9 Å². The number of allylic oxidation sites excluding steroid dienone is 2. The molecule has 1 aliphatic heterocycles. The SMILES string of the molecule is CC(/C=C1\Sc2ccccc2N1CCCCS(=O)(=O)[O-])=C\c1sc2ccccc2[n+]1CCCCS(=O)(=O)[O-].[Na+]. The maximum Gasteiger partial charge on any atom is 1.00 e. The molecule has 8 nitrogen and oxygen atoms in total. The molecule has 0 fully saturated rings. The van der Waals surface area contributed by atoms with Gasteiger partial charge < -0.3 is 14.0 Å². The third kappa shape index (κ3) is 9.40. The second-order valence-electron chi connectivity index (χ2n) is 9.09. The monoisotopic (exact) mass is 616 g/mol. The number of hydrogen-bond donors (Lipinski definition) is 0. The quantitative estimate of drug-likeness (QED) is 0.131. The maximum absolute atomic E-state index is 11.0. The third-order valence-corrected chi connectivity index (χ3v) is 9.83. The fourth-order valence-corrected chi connectivity index (χ4v) is 7.82. The van der Waals surface area contributed by atoms with E-state index in [1.807, 2.05) is 43.3 Å². The number of thioether (sulfide) groups is 1. The van der Waals surface area contributed by atoms with Crippen LogP contribution in [0.5, 0.6) is 0 Å². The molecule has 2 heterocycles. The second-order valence-corrected chi connectivity index (χ2v) is 14.3. The molecule has 0 saturated carbocycles. The number of para-hydroxylation sites is 2. The van der Waals surface area contributed by atoms with Crippen molar-refractivity contribution in [1.82, 2.24) is 0 Å². The van der Waals surface area contributed by atoms with Crippen LogP contribution in [-0.4, -0.2) is 44.0 Å². The van der Waals surface area contributed by atoms with E-state index in [-0.39, 0.29) is 41.1 Å². The average Bonchev–Trinajstić information content (AvgIpc) is 3.35. The number of rotatable bonds is 12. The molecule has 204 valence electrons. The summed E-state index contributed by atoms with van der Waals surface area (Å²) < 4.78 is 69.2. The van der Waals surface area contributed by atoms with Crippen molar-refractivity contribution < 1.29 is 60.1 Å². The first-order chi connectivity index (χ1) is 18.0. The molecule has 39 heavy (non-hydrogen) atoms. The molecule has 0 amide bonds. The Labute approximate surface area is 260 Å². The van der Waals surface area contributed by atoms with Crippen molar-refractivity contribution in [3.8, 4) is 0 Å². The van der Waals surface area contributed by atoms with Crippen LogP contribution in [0.4, 0.5) is 5.69 Å². The number of fused-ring (bicyclic) bond motifs is 2. The van der Waals surface area contributed by atoms with Crippen LogP contribution in [0.2, 0.25) is 0 Å². The summed E-state index contributed by atoms with van der Waals surface area (Å²) in [5.74, 6) is -0.722. The predicted molar refractivity (Wildman–Crippen MR) is 151 cm³/mol. The fourth-order valence-electron chi connectivity index (χ4n) is 4.31. The molecule has 0 saturated heterocycles. The molecule has 0 bridgehead atoms. The first kappa shape index (κ1) is 32.3. The van der Waals surface area contributed by atoms with E-state index in [0.29, 0.717) is 38.8 Å². The summed E-state index contributed by atoms with van der Waals surface area (Å²) in [6, 6.07) is 16.1. The summed E-state index contributed by atoms with van der Waals surface area (Å²) in [6.07, 6.45) is 5.98. The van der Waals surface area contributed by atoms with Crippen LogP contribution in [0.15, 0.2) is 70.1 Å². The molecular formula is C26H29N2NaO6S4. The molecule has 1 aromatic heterocycles. The van der Waals surface area contributed by atoms with Crippen molar-refractivity contribution in [3.63, 3.8) is 0 Å². The van der Waals surface area contributed by atoms with Gasteiger partial charge in [-0.25, -0.2) is 16.8 Å². The zero-order valence-corrected chi connectivity index (χ0v) is 27.2. The van der Waals surface area contributed by atoms with Gasteiger partial charge in [0.05, 0.1) is 31.0 Å². The number of aromatic nitrogens is 1. The smallest absolute Gasteiger partial charge is 0.748 e. The summed E-state index contributed by atoms with van der Waals surface area (Å²) in [5.41, 5.74) is 3.15. The number of nitrogens with zero attached hydrogens (tertiary/aromatic N) is 2. The van der Waals surface area contributed by atoms with Crippen molar-refractivity contribution in [2.24, 2.45) is 0 Å². The molecule has 1 aliphatic rings. The van der Waals surface area contributed by atoms with Gasteiger partial charge in [0.2, 0.25) is 5.52 Å². The van der Waals surface area contributed by atoms with Gasteiger partial charge in [-0.1, -0.05) is 47.4 Å². The Bertz CT molecular complexity index is 1580. The zero-order chi connectivity index (χ0) is 27.3. The second kappa shape index (κ2) is 14.1. The Hall–Kier alpha value is -1.22. The molecule has 13 heteroatoms. The van der Waals surface area contributed by atoms with Gasteiger partial charge in [-0.2, -0.15) is 4.57 Å². The topological polar surface area (TPSA) is 122 Å². The van der Waals surface area contributed by atoms with Crippen LogP contribution in [0.25, 0.3) is 16.3 Å². The predicted octanol–water partition coefficient (Wildman–Crippen LogP) is 1.70. The van der Waals surface area contributed by atoms with Crippen molar-refractivity contribution >= 4 is 65.3 Å². The molecule has 0 spiro atoms. The standard InChI is InChI=1S/C26H30N2O6S4.Na/c1-20(18-25-27(14-6-8-16-37(29,30)31)21-10-2-4-12-23(21)35-25)19-26-28(15-7-9-17-38(32,33)34)22-11-3-5-13-24(22)36-26;/h2-5,10-13,18-19H,6-9,14-17H2,1H3,(H-,29,30,31,32,33,34);/q;+1/p-1. The third-order valence-electron chi connectivity index (χ3n) is 6.03. The number of thiazole rings is 1. The number of anilines is 1. The van der Waals surface area contributed by atoms with Gasteiger partial charge in [0.1, 0.15) is 4.70 Å². The maximum atomic E-state index is 11.0. The van der Waals surface area contributed by atoms with Gasteiger partial charge in [-0.15, -0.1) is 0 Å². The number of aryl methyl sites for hydroxylation is 1. The summed E-state index contributed by atoms with van der Waals surface area (Å²) in [7, 11) is -8.45. The first-order valence-electron chi connectivity index (χ1n) is 12.2. The van der Waals surface area contributed by atoms with E-state index in [1.54, 1.807) is 23.1 Å². The van der Waals surface area contributed by atoms with E-state index >= 15 is 0 Å². The van der Waals surface area contributed by atoms with Crippen molar-refractivity contribution in [2.45, 2.75) is 44.0 Å². The summed E-state index contributed by atoms with van der Waals surface area (Å²) in [6.45, 7) is 3.23. The largest absolute Gasteiger partial charge is 1.00 e. The van der Waals surface area contributed by atoms with Crippen molar-refractivity contribution in [2.75, 3.05) is 23.0 Å². The fraction of sp³-hybridized carbons (Fsp3) is 0.346. The van der Waals surface area contributed by atoms with Crippen LogP contribution in [-0.2, 0) is 26.8 Å². The minimum absolute atomic E-state index is 0. The Kier molecular flexibility index (Phi) is 11.7. The molecule has 0 N–H and O–H groups in total. The van der Waals surface area contributed by atoms with Crippen LogP contribution < -0.4 is 39.0 Å². The molecule has 3 aromatic rings. The Morgan fingerprint density at radius 2 is 1.56 bits per heavy atom. The molecule has 0 radical (unpaired) electrons. The summed E-state index contributed by atoms with van der Waals surface area (Å²) in [5, 5.41) is 2.05.